The normalized spacial score (nSPS) is 22.2. The number of nitrogens with two attached hydrogens (primary N) is 1. The van der Waals surface area contributed by atoms with Gasteiger partial charge in [-0.15, -0.1) is 11.8 Å². The van der Waals surface area contributed by atoms with Crippen LogP contribution in [0.15, 0.2) is 109 Å². The van der Waals surface area contributed by atoms with Crippen LogP contribution in [0.25, 0.3) is 0 Å². The second kappa shape index (κ2) is 43.2. The largest absolute Gasteiger partial charge is 0.481 e. The van der Waals surface area contributed by atoms with Gasteiger partial charge in [0.25, 0.3) is 0 Å². The van der Waals surface area contributed by atoms with Crippen molar-refractivity contribution in [1.29, 1.82) is 0 Å². The summed E-state index contributed by atoms with van der Waals surface area (Å²) in [5.41, 5.74) is 6.18. The van der Waals surface area contributed by atoms with Gasteiger partial charge in [0.05, 0.1) is 12.7 Å². The topological polar surface area (TPSA) is 340 Å². The number of phosphoric acid groups is 2. The van der Waals surface area contributed by atoms with Gasteiger partial charge in [0.1, 0.15) is 49.3 Å². The van der Waals surface area contributed by atoms with Crippen molar-refractivity contribution < 1.29 is 91.9 Å². The Kier molecular flexibility index (Phi) is 40.1. The fraction of sp³-hybridized carbons (Fsp3) is 0.611. The summed E-state index contributed by atoms with van der Waals surface area (Å²) < 4.78 is 50.0. The van der Waals surface area contributed by atoms with E-state index in [1.54, 1.807) is 18.2 Å². The lowest BCUT2D eigenvalue weighted by atomic mass is 9.85. The number of esters is 2. The number of hydrogen-bond donors (Lipinski definition) is 10. The number of thioether (sulfide) groups is 1. The highest BCUT2D eigenvalue weighted by Crippen LogP contribution is 2.50. The van der Waals surface area contributed by atoms with Crippen LogP contribution in [-0.2, 0) is 46.6 Å². The van der Waals surface area contributed by atoms with Crippen molar-refractivity contribution in [2.24, 2.45) is 5.73 Å². The van der Waals surface area contributed by atoms with Gasteiger partial charge in [-0.1, -0.05) is 142 Å². The first-order chi connectivity index (χ1) is 36.7. The maximum absolute atomic E-state index is 13.2. The Labute approximate surface area is 459 Å². The molecule has 1 aliphatic rings. The zero-order valence-corrected chi connectivity index (χ0v) is 47.1. The zero-order chi connectivity index (χ0) is 57.3. The molecule has 77 heavy (non-hydrogen) atoms. The Morgan fingerprint density at radius 3 is 1.71 bits per heavy atom. The first kappa shape index (κ1) is 71.4. The summed E-state index contributed by atoms with van der Waals surface area (Å²) in [5.74, 6) is -2.93. The Morgan fingerprint density at radius 2 is 1.16 bits per heavy atom. The molecule has 0 amide bonds. The molecule has 0 heterocycles. The summed E-state index contributed by atoms with van der Waals surface area (Å²) >= 11 is 1.10. The average molecular weight is 1150 g/mol. The fourth-order valence-corrected chi connectivity index (χ4v) is 9.79. The van der Waals surface area contributed by atoms with Gasteiger partial charge in [0, 0.05) is 23.8 Å². The summed E-state index contributed by atoms with van der Waals surface area (Å²) in [6, 6.07) is -1.32. The van der Waals surface area contributed by atoms with Crippen LogP contribution < -0.4 is 5.73 Å². The number of carbonyl (C=O) groups is 3. The molecule has 1 rings (SSSR count). The molecule has 0 aromatic heterocycles. The Morgan fingerprint density at radius 1 is 0.623 bits per heavy atom. The van der Waals surface area contributed by atoms with Crippen LogP contribution in [0.1, 0.15) is 129 Å². The number of aliphatic carboxylic acids is 1. The highest BCUT2D eigenvalue weighted by Gasteiger charge is 2.54. The van der Waals surface area contributed by atoms with Crippen LogP contribution >= 0.6 is 27.4 Å². The van der Waals surface area contributed by atoms with Crippen LogP contribution in [0, 0.1) is 0 Å². The monoisotopic (exact) mass is 1150 g/mol. The summed E-state index contributed by atoms with van der Waals surface area (Å²) in [6.07, 6.45) is 32.0. The molecule has 438 valence electrons. The number of unbranched alkanes of at least 4 members (excludes halogenated alkanes) is 6. The molecule has 0 spiro atoms. The zero-order valence-electron chi connectivity index (χ0n) is 44.5. The van der Waals surface area contributed by atoms with Gasteiger partial charge >= 0.3 is 33.6 Å². The Hall–Kier alpha value is -3.60. The van der Waals surface area contributed by atoms with Crippen LogP contribution in [0.2, 0.25) is 0 Å². The van der Waals surface area contributed by atoms with Gasteiger partial charge in [-0.3, -0.25) is 28.0 Å². The molecule has 1 unspecified atom stereocenters. The molecule has 23 heteroatoms. The van der Waals surface area contributed by atoms with Crippen LogP contribution in [0.5, 0.6) is 0 Å². The Bertz CT molecular complexity index is 2020. The van der Waals surface area contributed by atoms with E-state index < -0.39 is 107 Å². The highest BCUT2D eigenvalue weighted by atomic mass is 32.2. The second-order valence-electron chi connectivity index (χ2n) is 18.1. The van der Waals surface area contributed by atoms with E-state index in [2.05, 4.69) is 79.1 Å². The number of carboxylic acid groups (broad SMARTS) is 1. The molecule has 0 aromatic carbocycles. The molecule has 0 bridgehead atoms. The van der Waals surface area contributed by atoms with Crippen molar-refractivity contribution in [2.45, 2.75) is 190 Å². The minimum Gasteiger partial charge on any atom is -0.481 e. The SMILES string of the molecule is CC/C=C\C/C=C\C/C=C\C/C=C\C/C=C\CCCCCC(=O)O[C@H](COC(=O)[C@@H](N)CS[C@H](/C=C/C=C/C=C\C/C=C\CCCCC)[C@@H](O)CCCC(=O)O)COP(=O)(O)O[C@H]1[C@H](O)[C@@H](O)[C@H](O)[C@@H](O)[C@H]1OP(=O)(O)O. The molecule has 1 fully saturated rings. The minimum absolute atomic E-state index is 0.105. The smallest absolute Gasteiger partial charge is 0.472 e. The second-order valence-corrected chi connectivity index (χ2v) is 21.9. The summed E-state index contributed by atoms with van der Waals surface area (Å²) in [6.45, 7) is 2.47. The first-order valence-electron chi connectivity index (χ1n) is 26.4. The molecule has 11 atom stereocenters. The number of aliphatic hydroxyl groups is 5. The molecule has 11 N–H and O–H groups in total. The van der Waals surface area contributed by atoms with Crippen molar-refractivity contribution in [3.05, 3.63) is 109 Å². The van der Waals surface area contributed by atoms with Crippen LogP contribution in [-0.4, -0.2) is 142 Å². The number of carboxylic acids is 1. The van der Waals surface area contributed by atoms with E-state index in [-0.39, 0.29) is 31.4 Å². The number of hydrogen-bond acceptors (Lipinski definition) is 17. The van der Waals surface area contributed by atoms with Crippen molar-refractivity contribution in [2.75, 3.05) is 19.0 Å². The summed E-state index contributed by atoms with van der Waals surface area (Å²) in [5, 5.41) is 60.6. The van der Waals surface area contributed by atoms with Gasteiger partial charge in [0.2, 0.25) is 0 Å². The van der Waals surface area contributed by atoms with Crippen LogP contribution in [0.4, 0.5) is 0 Å². The molecule has 0 radical (unpaired) electrons. The average Bonchev–Trinajstić information content (AvgIpc) is 3.38. The third kappa shape index (κ3) is 36.3. The van der Waals surface area contributed by atoms with E-state index in [4.69, 9.17) is 29.4 Å². The lowest BCUT2D eigenvalue weighted by Gasteiger charge is -2.43. The van der Waals surface area contributed by atoms with E-state index in [1.807, 2.05) is 30.4 Å². The van der Waals surface area contributed by atoms with E-state index in [9.17, 15) is 63.7 Å². The van der Waals surface area contributed by atoms with E-state index >= 15 is 0 Å². The van der Waals surface area contributed by atoms with Crippen molar-refractivity contribution >= 4 is 45.3 Å². The van der Waals surface area contributed by atoms with Gasteiger partial charge in [-0.25, -0.2) is 9.13 Å². The van der Waals surface area contributed by atoms with Gasteiger partial charge in [-0.2, -0.15) is 0 Å². The highest BCUT2D eigenvalue weighted by molar-refractivity contribution is 8.00. The molecular formula is C54H87NO19P2S. The van der Waals surface area contributed by atoms with Crippen molar-refractivity contribution in [1.82, 2.24) is 0 Å². The van der Waals surface area contributed by atoms with E-state index in [0.717, 1.165) is 82.4 Å². The fourth-order valence-electron chi connectivity index (χ4n) is 7.13. The number of carbonyl (C=O) groups excluding carboxylic acids is 2. The number of rotatable bonds is 43. The number of aliphatic hydroxyl groups excluding tert-OH is 5. The third-order valence-electron chi connectivity index (χ3n) is 11.3. The van der Waals surface area contributed by atoms with Crippen molar-refractivity contribution in [3.8, 4) is 0 Å². The van der Waals surface area contributed by atoms with E-state index in [1.165, 1.54) is 6.42 Å². The predicted molar refractivity (Wildman–Crippen MR) is 297 cm³/mol. The molecule has 0 aromatic rings. The summed E-state index contributed by atoms with van der Waals surface area (Å²) in [7, 11) is -11.0. The molecule has 0 saturated heterocycles. The molecule has 20 nitrogen and oxygen atoms in total. The molecule has 1 saturated carbocycles. The third-order valence-corrected chi connectivity index (χ3v) is 14.2. The Balaban J connectivity index is 2.99. The number of ether oxygens (including phenoxy) is 2. The van der Waals surface area contributed by atoms with Gasteiger partial charge in [-0.05, 0) is 83.5 Å². The summed E-state index contributed by atoms with van der Waals surface area (Å²) in [4.78, 5) is 66.8. The maximum Gasteiger partial charge on any atom is 0.472 e. The number of allylic oxidation sites excluding steroid dienone is 17. The van der Waals surface area contributed by atoms with Crippen molar-refractivity contribution in [3.63, 3.8) is 0 Å². The first-order valence-corrected chi connectivity index (χ1v) is 30.4. The molecule has 1 aliphatic carbocycles. The number of phosphoric ester groups is 2. The lowest BCUT2D eigenvalue weighted by Crippen LogP contribution is -2.64. The van der Waals surface area contributed by atoms with Crippen LogP contribution in [0.3, 0.4) is 0 Å². The quantitative estimate of drug-likeness (QED) is 0.00914. The lowest BCUT2D eigenvalue weighted by molar-refractivity contribution is -0.216. The molecular weight excluding hydrogens is 1060 g/mol. The molecule has 0 aliphatic heterocycles. The van der Waals surface area contributed by atoms with Gasteiger partial charge < -0.3 is 60.5 Å². The van der Waals surface area contributed by atoms with Gasteiger partial charge in [0.15, 0.2) is 6.10 Å². The maximum atomic E-state index is 13.2. The van der Waals surface area contributed by atoms with E-state index in [0.29, 0.717) is 12.8 Å². The predicted octanol–water partition coefficient (Wildman–Crippen LogP) is 7.82. The standard InChI is InChI=1S/C54H87NO19P2S/c1-3-5-7-9-11-13-15-17-18-19-20-21-22-23-25-27-29-31-33-38-47(59)72-42(40-71-76(68,69)74-53-51(63)49(61)48(60)50(62)52(53)73-75(65,66)67)39-70-54(64)43(55)41-77-45(44(56)35-34-37-46(57)58)36-32-30-28-26-24-16-14-12-10-8-6-4-2/h5,7,11-14,17-18,20-21,23-26,28,30,32,36,42-45,48-53,56,60-63H,3-4,6,8-10,15-16,19,22,27,29,31,33-35,37-41,55H2,1-2H3,(H,57,58)(H,68,69)(H2,65,66,67)/b7-5-,13-11-,14-12-,18-17-,21-20-,25-23-,26-24-,30-28+,36-32+/t42-,43+,44+,45-,48+,49+,50-,51-,52-,53+/m1/s1. The minimum atomic E-state index is -5.52.